The third kappa shape index (κ3) is 10.2. The average Bonchev–Trinajstić information content (AvgIpc) is 2.36. The molecule has 0 saturated heterocycles. The van der Waals surface area contributed by atoms with Gasteiger partial charge in [0, 0.05) is 19.1 Å². The Morgan fingerprint density at radius 1 is 1.05 bits per heavy atom. The van der Waals surface area contributed by atoms with Gasteiger partial charge in [-0.3, -0.25) is 4.79 Å². The maximum Gasteiger partial charge on any atom is 0.220 e. The number of rotatable bonds is 11. The molecule has 0 aliphatic rings. The lowest BCUT2D eigenvalue weighted by molar-refractivity contribution is -0.122. The van der Waals surface area contributed by atoms with Gasteiger partial charge in [0.1, 0.15) is 0 Å². The molecule has 0 aromatic carbocycles. The summed E-state index contributed by atoms with van der Waals surface area (Å²) in [6.07, 6.45) is 9.85. The first-order valence-electron chi connectivity index (χ1n) is 8.32. The molecule has 2 N–H and O–H groups in total. The Morgan fingerprint density at radius 3 is 2.10 bits per heavy atom. The lowest BCUT2D eigenvalue weighted by atomic mass is 9.85. The third-order valence-electron chi connectivity index (χ3n) is 3.81. The summed E-state index contributed by atoms with van der Waals surface area (Å²) in [6.45, 7) is 8.64. The number of aliphatic hydroxyl groups is 1. The highest BCUT2D eigenvalue weighted by molar-refractivity contribution is 5.76. The molecule has 0 aliphatic heterocycles. The molecule has 0 rings (SSSR count). The molecule has 0 fully saturated rings. The van der Waals surface area contributed by atoms with Crippen LogP contribution >= 0.6 is 0 Å². The second kappa shape index (κ2) is 11.1. The van der Waals surface area contributed by atoms with Gasteiger partial charge in [0.05, 0.1) is 0 Å². The van der Waals surface area contributed by atoms with E-state index in [1.165, 1.54) is 32.1 Å². The molecule has 0 radical (unpaired) electrons. The van der Waals surface area contributed by atoms with E-state index in [1.807, 2.05) is 0 Å². The van der Waals surface area contributed by atoms with Gasteiger partial charge in [0.15, 0.2) is 0 Å². The highest BCUT2D eigenvalue weighted by Gasteiger charge is 2.25. The van der Waals surface area contributed by atoms with Crippen molar-refractivity contribution in [1.29, 1.82) is 0 Å². The van der Waals surface area contributed by atoms with E-state index in [9.17, 15) is 4.79 Å². The lowest BCUT2D eigenvalue weighted by Crippen LogP contribution is -2.44. The fraction of sp³-hybridized carbons (Fsp3) is 0.941. The van der Waals surface area contributed by atoms with Gasteiger partial charge in [-0.2, -0.15) is 0 Å². The first-order valence-corrected chi connectivity index (χ1v) is 8.32. The standard InChI is InChI=1S/C17H35NO2/c1-5-6-7-8-9-10-11-12-16(20)18-15(13-14-19)17(2,3)4/h15,19H,5-14H2,1-4H3,(H,18,20). The van der Waals surface area contributed by atoms with Crippen LogP contribution in [-0.4, -0.2) is 23.7 Å². The van der Waals surface area contributed by atoms with Crippen LogP contribution in [0.25, 0.3) is 0 Å². The Bertz CT molecular complexity index is 246. The summed E-state index contributed by atoms with van der Waals surface area (Å²) in [6, 6.07) is 0.0598. The van der Waals surface area contributed by atoms with Crippen molar-refractivity contribution in [2.24, 2.45) is 5.41 Å². The quantitative estimate of drug-likeness (QED) is 0.563. The molecule has 1 amide bonds. The smallest absolute Gasteiger partial charge is 0.220 e. The topological polar surface area (TPSA) is 49.3 Å². The third-order valence-corrected chi connectivity index (χ3v) is 3.81. The van der Waals surface area contributed by atoms with E-state index in [2.05, 4.69) is 33.0 Å². The SMILES string of the molecule is CCCCCCCCCC(=O)NC(CCO)C(C)(C)C. The molecule has 3 nitrogen and oxygen atoms in total. The minimum atomic E-state index is -0.00145. The first-order chi connectivity index (χ1) is 9.41. The van der Waals surface area contributed by atoms with Crippen LogP contribution in [0.1, 0.15) is 85.5 Å². The number of carbonyl (C=O) groups is 1. The normalized spacial score (nSPS) is 13.2. The minimum Gasteiger partial charge on any atom is -0.396 e. The van der Waals surface area contributed by atoms with Crippen LogP contribution in [-0.2, 0) is 4.79 Å². The van der Waals surface area contributed by atoms with E-state index in [0.29, 0.717) is 12.8 Å². The fourth-order valence-corrected chi connectivity index (χ4v) is 2.36. The molecule has 1 unspecified atom stereocenters. The molecular weight excluding hydrogens is 250 g/mol. The number of hydrogen-bond donors (Lipinski definition) is 2. The Hall–Kier alpha value is -0.570. The lowest BCUT2D eigenvalue weighted by Gasteiger charge is -2.31. The fourth-order valence-electron chi connectivity index (χ4n) is 2.36. The van der Waals surface area contributed by atoms with Gasteiger partial charge in [-0.25, -0.2) is 0 Å². The van der Waals surface area contributed by atoms with E-state index in [1.54, 1.807) is 0 Å². The monoisotopic (exact) mass is 285 g/mol. The van der Waals surface area contributed by atoms with Crippen LogP contribution in [0.4, 0.5) is 0 Å². The van der Waals surface area contributed by atoms with E-state index < -0.39 is 0 Å². The molecule has 0 spiro atoms. The zero-order valence-electron chi connectivity index (χ0n) is 14.0. The summed E-state index contributed by atoms with van der Waals surface area (Å²) >= 11 is 0. The Kier molecular flexibility index (Phi) is 10.8. The Morgan fingerprint density at radius 2 is 1.60 bits per heavy atom. The predicted octanol–water partition coefficient (Wildman–Crippen LogP) is 4.04. The van der Waals surface area contributed by atoms with Crippen molar-refractivity contribution >= 4 is 5.91 Å². The minimum absolute atomic E-state index is 0.00145. The van der Waals surface area contributed by atoms with Crippen molar-refractivity contribution in [1.82, 2.24) is 5.32 Å². The summed E-state index contributed by atoms with van der Waals surface area (Å²) in [7, 11) is 0. The molecule has 0 saturated carbocycles. The van der Waals surface area contributed by atoms with Crippen molar-refractivity contribution in [3.8, 4) is 0 Å². The largest absolute Gasteiger partial charge is 0.396 e. The predicted molar refractivity (Wildman–Crippen MR) is 85.7 cm³/mol. The number of hydrogen-bond acceptors (Lipinski definition) is 2. The van der Waals surface area contributed by atoms with Crippen molar-refractivity contribution in [3.63, 3.8) is 0 Å². The molecule has 3 heteroatoms. The van der Waals surface area contributed by atoms with Gasteiger partial charge in [0.25, 0.3) is 0 Å². The van der Waals surface area contributed by atoms with Crippen molar-refractivity contribution in [2.75, 3.05) is 6.61 Å². The number of nitrogens with one attached hydrogen (secondary N) is 1. The van der Waals surface area contributed by atoms with Gasteiger partial charge in [-0.15, -0.1) is 0 Å². The number of amides is 1. The van der Waals surface area contributed by atoms with Crippen LogP contribution in [0.15, 0.2) is 0 Å². The number of aliphatic hydroxyl groups excluding tert-OH is 1. The number of carbonyl (C=O) groups excluding carboxylic acids is 1. The average molecular weight is 285 g/mol. The van der Waals surface area contributed by atoms with Crippen LogP contribution in [0.3, 0.4) is 0 Å². The second-order valence-electron chi connectivity index (χ2n) is 6.87. The molecule has 0 heterocycles. The van der Waals surface area contributed by atoms with Crippen molar-refractivity contribution < 1.29 is 9.90 Å². The van der Waals surface area contributed by atoms with Crippen LogP contribution in [0.2, 0.25) is 0 Å². The van der Waals surface area contributed by atoms with Crippen LogP contribution < -0.4 is 5.32 Å². The van der Waals surface area contributed by atoms with Gasteiger partial charge in [-0.05, 0) is 18.3 Å². The van der Waals surface area contributed by atoms with E-state index in [4.69, 9.17) is 5.11 Å². The summed E-state index contributed by atoms with van der Waals surface area (Å²) in [4.78, 5) is 11.9. The maximum atomic E-state index is 11.9. The van der Waals surface area contributed by atoms with Gasteiger partial charge < -0.3 is 10.4 Å². The van der Waals surface area contributed by atoms with Crippen molar-refractivity contribution in [3.05, 3.63) is 0 Å². The molecule has 20 heavy (non-hydrogen) atoms. The van der Waals surface area contributed by atoms with Gasteiger partial charge >= 0.3 is 0 Å². The second-order valence-corrected chi connectivity index (χ2v) is 6.87. The Balaban J connectivity index is 3.75. The molecule has 0 aliphatic carbocycles. The number of unbranched alkanes of at least 4 members (excludes halogenated alkanes) is 6. The molecule has 1 atom stereocenters. The first kappa shape index (κ1) is 19.4. The van der Waals surface area contributed by atoms with E-state index in [-0.39, 0.29) is 24.0 Å². The highest BCUT2D eigenvalue weighted by atomic mass is 16.3. The van der Waals surface area contributed by atoms with E-state index >= 15 is 0 Å². The Labute approximate surface area is 125 Å². The summed E-state index contributed by atoms with van der Waals surface area (Å²) in [5, 5.41) is 12.1. The molecule has 0 aromatic rings. The molecule has 0 aromatic heterocycles. The molecule has 120 valence electrons. The highest BCUT2D eigenvalue weighted by Crippen LogP contribution is 2.21. The van der Waals surface area contributed by atoms with Gasteiger partial charge in [-0.1, -0.05) is 66.2 Å². The van der Waals surface area contributed by atoms with Crippen LogP contribution in [0.5, 0.6) is 0 Å². The van der Waals surface area contributed by atoms with Crippen LogP contribution in [0, 0.1) is 5.41 Å². The van der Waals surface area contributed by atoms with Gasteiger partial charge in [0.2, 0.25) is 5.91 Å². The zero-order chi connectivity index (χ0) is 15.4. The molecular formula is C17H35NO2. The van der Waals surface area contributed by atoms with E-state index in [0.717, 1.165) is 12.8 Å². The summed E-state index contributed by atoms with van der Waals surface area (Å²) in [5.41, 5.74) is -0.00145. The molecule has 0 bridgehead atoms. The van der Waals surface area contributed by atoms with Crippen molar-refractivity contribution in [2.45, 2.75) is 91.5 Å². The summed E-state index contributed by atoms with van der Waals surface area (Å²) in [5.74, 6) is 0.131. The summed E-state index contributed by atoms with van der Waals surface area (Å²) < 4.78 is 0. The zero-order valence-corrected chi connectivity index (χ0v) is 14.0. The maximum absolute atomic E-state index is 11.9.